The standard InChI is InChI=1S/C24H30FN7O/c1-29-4-6-31(7-5-29)16-21(33)12-20-10-18-11-23(27-14-19(18)13-26-20)22-15-28-32-9-8-30(3-2-25)17-24(22)32/h10-11,13-15H,2-9,12,16-17H2,1H3. The van der Waals surface area contributed by atoms with E-state index in [1.165, 1.54) is 0 Å². The summed E-state index contributed by atoms with van der Waals surface area (Å²) in [7, 11) is 2.11. The second kappa shape index (κ2) is 9.62. The number of hydrogen-bond acceptors (Lipinski definition) is 7. The first-order valence-electron chi connectivity index (χ1n) is 11.6. The Hall–Kier alpha value is -2.75. The fraction of sp³-hybridized carbons (Fsp3) is 0.500. The highest BCUT2D eigenvalue weighted by molar-refractivity contribution is 5.87. The van der Waals surface area contributed by atoms with Crippen molar-refractivity contribution in [3.8, 4) is 11.3 Å². The molecule has 0 aromatic carbocycles. The molecule has 174 valence electrons. The Morgan fingerprint density at radius 3 is 2.58 bits per heavy atom. The lowest BCUT2D eigenvalue weighted by atomic mass is 10.1. The highest BCUT2D eigenvalue weighted by Crippen LogP contribution is 2.28. The lowest BCUT2D eigenvalue weighted by Crippen LogP contribution is -2.46. The molecule has 0 aliphatic carbocycles. The zero-order valence-corrected chi connectivity index (χ0v) is 19.1. The molecule has 5 heterocycles. The summed E-state index contributed by atoms with van der Waals surface area (Å²) in [6.07, 6.45) is 5.80. The SMILES string of the molecule is CN1CCN(CC(=O)Cc2cc3cc(-c4cnn5c4CN(CCF)CC5)ncc3cn2)CC1. The van der Waals surface area contributed by atoms with E-state index >= 15 is 0 Å². The number of carbonyl (C=O) groups is 1. The predicted octanol–water partition coefficient (Wildman–Crippen LogP) is 1.64. The van der Waals surface area contributed by atoms with Crippen LogP contribution in [-0.4, -0.2) is 99.8 Å². The van der Waals surface area contributed by atoms with Gasteiger partial charge in [-0.1, -0.05) is 0 Å². The van der Waals surface area contributed by atoms with Crippen LogP contribution in [0.25, 0.3) is 22.0 Å². The Morgan fingerprint density at radius 2 is 1.76 bits per heavy atom. The normalized spacial score (nSPS) is 18.0. The first-order chi connectivity index (χ1) is 16.1. The molecular weight excluding hydrogens is 421 g/mol. The van der Waals surface area contributed by atoms with Gasteiger partial charge in [-0.25, -0.2) is 4.39 Å². The number of hydrogen-bond donors (Lipinski definition) is 0. The zero-order chi connectivity index (χ0) is 22.8. The van der Waals surface area contributed by atoms with E-state index in [0.29, 0.717) is 26.1 Å². The molecule has 2 aliphatic heterocycles. The Balaban J connectivity index is 1.33. The average Bonchev–Trinajstić information content (AvgIpc) is 3.23. The molecule has 0 spiro atoms. The maximum Gasteiger partial charge on any atom is 0.152 e. The second-order valence-corrected chi connectivity index (χ2v) is 9.08. The largest absolute Gasteiger partial charge is 0.304 e. The fourth-order valence-electron chi connectivity index (χ4n) is 4.66. The molecule has 0 amide bonds. The van der Waals surface area contributed by atoms with E-state index in [0.717, 1.165) is 72.7 Å². The number of aromatic nitrogens is 4. The molecule has 1 saturated heterocycles. The number of alkyl halides is 1. The Morgan fingerprint density at radius 1 is 0.970 bits per heavy atom. The molecule has 0 bridgehead atoms. The van der Waals surface area contributed by atoms with Gasteiger partial charge in [0, 0.05) is 74.9 Å². The molecule has 0 saturated carbocycles. The lowest BCUT2D eigenvalue weighted by Gasteiger charge is -2.31. The van der Waals surface area contributed by atoms with E-state index in [1.807, 2.05) is 29.2 Å². The summed E-state index contributed by atoms with van der Waals surface area (Å²) in [5, 5.41) is 6.46. The molecule has 3 aromatic rings. The molecule has 2 aliphatic rings. The van der Waals surface area contributed by atoms with Crippen molar-refractivity contribution < 1.29 is 9.18 Å². The Labute approximate surface area is 193 Å². The summed E-state index contributed by atoms with van der Waals surface area (Å²) in [5.74, 6) is 0.194. The van der Waals surface area contributed by atoms with Gasteiger partial charge in [0.15, 0.2) is 5.78 Å². The number of ketones is 1. The van der Waals surface area contributed by atoms with Gasteiger partial charge >= 0.3 is 0 Å². The predicted molar refractivity (Wildman–Crippen MR) is 125 cm³/mol. The van der Waals surface area contributed by atoms with Gasteiger partial charge in [-0.05, 0) is 24.6 Å². The van der Waals surface area contributed by atoms with Crippen LogP contribution in [0.2, 0.25) is 0 Å². The maximum absolute atomic E-state index is 12.8. The van der Waals surface area contributed by atoms with Gasteiger partial charge in [0.05, 0.1) is 37.1 Å². The molecule has 5 rings (SSSR count). The number of likely N-dealkylation sites (N-methyl/N-ethyl adjacent to an activating group) is 1. The molecule has 33 heavy (non-hydrogen) atoms. The third-order valence-corrected chi connectivity index (χ3v) is 6.66. The van der Waals surface area contributed by atoms with E-state index in [-0.39, 0.29) is 12.5 Å². The summed E-state index contributed by atoms with van der Waals surface area (Å²) in [4.78, 5) is 28.4. The fourth-order valence-corrected chi connectivity index (χ4v) is 4.66. The smallest absolute Gasteiger partial charge is 0.152 e. The van der Waals surface area contributed by atoms with Crippen LogP contribution < -0.4 is 0 Å². The number of rotatable bonds is 7. The van der Waals surface area contributed by atoms with E-state index in [1.54, 1.807) is 6.20 Å². The average molecular weight is 452 g/mol. The van der Waals surface area contributed by atoms with E-state index in [2.05, 4.69) is 36.8 Å². The molecule has 0 atom stereocenters. The quantitative estimate of drug-likeness (QED) is 0.541. The monoisotopic (exact) mass is 451 g/mol. The van der Waals surface area contributed by atoms with Crippen molar-refractivity contribution in [1.82, 2.24) is 34.4 Å². The van der Waals surface area contributed by atoms with Crippen molar-refractivity contribution in [2.75, 3.05) is 59.5 Å². The van der Waals surface area contributed by atoms with Crippen molar-refractivity contribution >= 4 is 16.6 Å². The van der Waals surface area contributed by atoms with Gasteiger partial charge in [-0.15, -0.1) is 0 Å². The first kappa shape index (κ1) is 22.1. The summed E-state index contributed by atoms with van der Waals surface area (Å²) >= 11 is 0. The number of carbonyl (C=O) groups excluding carboxylic acids is 1. The topological polar surface area (TPSA) is 70.4 Å². The van der Waals surface area contributed by atoms with Crippen LogP contribution in [0.15, 0.2) is 30.7 Å². The van der Waals surface area contributed by atoms with Crippen molar-refractivity contribution in [2.24, 2.45) is 0 Å². The van der Waals surface area contributed by atoms with Crippen LogP contribution in [0.1, 0.15) is 11.4 Å². The molecule has 0 radical (unpaired) electrons. The Kier molecular flexibility index (Phi) is 6.43. The third kappa shape index (κ3) is 4.95. The van der Waals surface area contributed by atoms with Crippen LogP contribution in [0.5, 0.6) is 0 Å². The van der Waals surface area contributed by atoms with Crippen LogP contribution in [0.3, 0.4) is 0 Å². The van der Waals surface area contributed by atoms with Gasteiger partial charge in [-0.3, -0.25) is 29.2 Å². The minimum Gasteiger partial charge on any atom is -0.304 e. The summed E-state index contributed by atoms with van der Waals surface area (Å²) < 4.78 is 14.8. The van der Waals surface area contributed by atoms with Crippen LogP contribution >= 0.6 is 0 Å². The molecule has 1 fully saturated rings. The van der Waals surface area contributed by atoms with Crippen LogP contribution in [0.4, 0.5) is 4.39 Å². The number of piperazine rings is 1. The highest BCUT2D eigenvalue weighted by atomic mass is 19.1. The van der Waals surface area contributed by atoms with Crippen molar-refractivity contribution in [1.29, 1.82) is 0 Å². The highest BCUT2D eigenvalue weighted by Gasteiger charge is 2.22. The minimum atomic E-state index is -0.346. The summed E-state index contributed by atoms with van der Waals surface area (Å²) in [6, 6.07) is 4.03. The molecule has 3 aromatic heterocycles. The minimum absolute atomic E-state index is 0.194. The maximum atomic E-state index is 12.8. The molecule has 9 heteroatoms. The second-order valence-electron chi connectivity index (χ2n) is 9.08. The number of nitrogens with zero attached hydrogens (tertiary/aromatic N) is 7. The van der Waals surface area contributed by atoms with E-state index in [9.17, 15) is 9.18 Å². The van der Waals surface area contributed by atoms with Crippen LogP contribution in [0, 0.1) is 0 Å². The van der Waals surface area contributed by atoms with E-state index < -0.39 is 0 Å². The first-order valence-corrected chi connectivity index (χ1v) is 11.6. The Bertz CT molecular complexity index is 1140. The molecule has 8 nitrogen and oxygen atoms in total. The van der Waals surface area contributed by atoms with Crippen molar-refractivity contribution in [3.05, 3.63) is 42.1 Å². The van der Waals surface area contributed by atoms with Crippen LogP contribution in [-0.2, 0) is 24.3 Å². The van der Waals surface area contributed by atoms with E-state index in [4.69, 9.17) is 0 Å². The number of pyridine rings is 2. The third-order valence-electron chi connectivity index (χ3n) is 6.66. The number of halogens is 1. The summed E-state index contributed by atoms with van der Waals surface area (Å²) in [5.41, 5.74) is 3.67. The van der Waals surface area contributed by atoms with Gasteiger partial charge in [0.25, 0.3) is 0 Å². The molecular formula is C24H30FN7O. The van der Waals surface area contributed by atoms with Gasteiger partial charge in [0.2, 0.25) is 0 Å². The van der Waals surface area contributed by atoms with Gasteiger partial charge in [-0.2, -0.15) is 5.10 Å². The lowest BCUT2D eigenvalue weighted by molar-refractivity contribution is -0.120. The molecule has 0 N–H and O–H groups in total. The van der Waals surface area contributed by atoms with Gasteiger partial charge in [0.1, 0.15) is 6.67 Å². The summed E-state index contributed by atoms with van der Waals surface area (Å²) in [6.45, 7) is 6.67. The number of Topliss-reactive ketones (excluding diaryl/α,β-unsaturated/α-hetero) is 1. The van der Waals surface area contributed by atoms with Gasteiger partial charge < -0.3 is 4.90 Å². The van der Waals surface area contributed by atoms with Crippen molar-refractivity contribution in [3.63, 3.8) is 0 Å². The number of fused-ring (bicyclic) bond motifs is 2. The van der Waals surface area contributed by atoms with Crippen molar-refractivity contribution in [2.45, 2.75) is 19.5 Å². The zero-order valence-electron chi connectivity index (χ0n) is 19.1. The molecule has 0 unspecified atom stereocenters.